The molecule has 3 atom stereocenters. The summed E-state index contributed by atoms with van der Waals surface area (Å²) >= 11 is 0. The molecule has 3 rings (SSSR count). The SMILES string of the molecule is NNC(Cc1ccccc1)C1C2CCCCC21. The molecule has 17 heavy (non-hydrogen) atoms. The van der Waals surface area contributed by atoms with Crippen LogP contribution in [-0.2, 0) is 6.42 Å². The van der Waals surface area contributed by atoms with Gasteiger partial charge in [-0.25, -0.2) is 0 Å². The molecule has 1 aromatic rings. The molecule has 0 aromatic heterocycles. The number of fused-ring (bicyclic) bond motifs is 1. The van der Waals surface area contributed by atoms with Gasteiger partial charge in [-0.2, -0.15) is 0 Å². The largest absolute Gasteiger partial charge is 0.271 e. The highest BCUT2D eigenvalue weighted by Gasteiger charge is 2.53. The van der Waals surface area contributed by atoms with E-state index in [1.807, 2.05) is 0 Å². The van der Waals surface area contributed by atoms with Gasteiger partial charge < -0.3 is 0 Å². The first-order chi connectivity index (χ1) is 8.40. The van der Waals surface area contributed by atoms with Crippen LogP contribution >= 0.6 is 0 Å². The quantitative estimate of drug-likeness (QED) is 0.616. The Morgan fingerprint density at radius 2 is 1.76 bits per heavy atom. The fourth-order valence-electron chi connectivity index (χ4n) is 3.82. The summed E-state index contributed by atoms with van der Waals surface area (Å²) in [5.74, 6) is 8.53. The Kier molecular flexibility index (Phi) is 3.17. The Balaban J connectivity index is 1.64. The average molecular weight is 230 g/mol. The lowest BCUT2D eigenvalue weighted by Crippen LogP contribution is -2.39. The third-order valence-electron chi connectivity index (χ3n) is 4.70. The molecule has 2 aliphatic carbocycles. The lowest BCUT2D eigenvalue weighted by Gasteiger charge is -2.16. The number of benzene rings is 1. The summed E-state index contributed by atoms with van der Waals surface area (Å²) in [7, 11) is 0. The van der Waals surface area contributed by atoms with E-state index in [1.165, 1.54) is 31.2 Å². The standard InChI is InChI=1S/C15H22N2/c16-17-14(10-11-6-2-1-3-7-11)15-12-8-4-5-9-13(12)15/h1-3,6-7,12-15,17H,4-5,8-10,16H2. The molecular weight excluding hydrogens is 208 g/mol. The number of nitrogens with two attached hydrogens (primary N) is 1. The van der Waals surface area contributed by atoms with E-state index in [-0.39, 0.29) is 0 Å². The molecule has 0 aliphatic heterocycles. The molecular formula is C15H22N2. The zero-order valence-corrected chi connectivity index (χ0v) is 10.3. The molecule has 0 spiro atoms. The lowest BCUT2D eigenvalue weighted by molar-refractivity contribution is 0.437. The predicted octanol–water partition coefficient (Wildman–Crippen LogP) is 2.50. The molecule has 0 saturated heterocycles. The Labute approximate surface area is 104 Å². The van der Waals surface area contributed by atoms with E-state index in [1.54, 1.807) is 0 Å². The Morgan fingerprint density at radius 3 is 2.35 bits per heavy atom. The summed E-state index contributed by atoms with van der Waals surface area (Å²) in [5, 5.41) is 0. The van der Waals surface area contributed by atoms with Crippen LogP contribution in [0.1, 0.15) is 31.2 Å². The number of rotatable bonds is 4. The molecule has 1 aromatic carbocycles. The van der Waals surface area contributed by atoms with Crippen molar-refractivity contribution in [2.45, 2.75) is 38.1 Å². The Bertz CT molecular complexity index is 350. The van der Waals surface area contributed by atoms with Crippen molar-refractivity contribution in [1.82, 2.24) is 5.43 Å². The third kappa shape index (κ3) is 2.24. The van der Waals surface area contributed by atoms with Crippen LogP contribution < -0.4 is 11.3 Å². The minimum atomic E-state index is 0.477. The van der Waals surface area contributed by atoms with Crippen LogP contribution in [0.2, 0.25) is 0 Å². The number of nitrogens with one attached hydrogen (secondary N) is 1. The van der Waals surface area contributed by atoms with Crippen LogP contribution in [-0.4, -0.2) is 6.04 Å². The van der Waals surface area contributed by atoms with Gasteiger partial charge >= 0.3 is 0 Å². The molecule has 2 heteroatoms. The van der Waals surface area contributed by atoms with Crippen LogP contribution in [0.25, 0.3) is 0 Å². The second-order valence-electron chi connectivity index (χ2n) is 5.65. The summed E-state index contributed by atoms with van der Waals surface area (Å²) in [6.07, 6.45) is 6.81. The van der Waals surface area contributed by atoms with E-state index in [0.717, 1.165) is 24.2 Å². The summed E-state index contributed by atoms with van der Waals surface area (Å²) in [5.41, 5.74) is 4.47. The Hall–Kier alpha value is -0.860. The summed E-state index contributed by atoms with van der Waals surface area (Å²) in [6, 6.07) is 11.2. The maximum atomic E-state index is 5.77. The minimum Gasteiger partial charge on any atom is -0.271 e. The third-order valence-corrected chi connectivity index (χ3v) is 4.70. The van der Waals surface area contributed by atoms with Crippen molar-refractivity contribution in [2.24, 2.45) is 23.6 Å². The summed E-state index contributed by atoms with van der Waals surface area (Å²) in [6.45, 7) is 0. The monoisotopic (exact) mass is 230 g/mol. The van der Waals surface area contributed by atoms with E-state index in [0.29, 0.717) is 6.04 Å². The number of hydrazine groups is 1. The first kappa shape index (κ1) is 11.2. The van der Waals surface area contributed by atoms with E-state index < -0.39 is 0 Å². The molecule has 2 aliphatic rings. The molecule has 0 amide bonds. The van der Waals surface area contributed by atoms with Crippen LogP contribution in [0.15, 0.2) is 30.3 Å². The molecule has 2 nitrogen and oxygen atoms in total. The fraction of sp³-hybridized carbons (Fsp3) is 0.600. The lowest BCUT2D eigenvalue weighted by atomic mass is 10.0. The van der Waals surface area contributed by atoms with Gasteiger partial charge in [0.1, 0.15) is 0 Å². The van der Waals surface area contributed by atoms with Gasteiger partial charge in [-0.3, -0.25) is 11.3 Å². The van der Waals surface area contributed by atoms with Crippen LogP contribution in [0, 0.1) is 17.8 Å². The van der Waals surface area contributed by atoms with Gasteiger partial charge in [0.05, 0.1) is 0 Å². The molecule has 0 radical (unpaired) electrons. The van der Waals surface area contributed by atoms with Crippen molar-refractivity contribution in [3.8, 4) is 0 Å². The Morgan fingerprint density at radius 1 is 1.12 bits per heavy atom. The van der Waals surface area contributed by atoms with E-state index in [2.05, 4.69) is 35.8 Å². The van der Waals surface area contributed by atoms with Gasteiger partial charge in [0.15, 0.2) is 0 Å². The molecule has 0 bridgehead atoms. The first-order valence-electron chi connectivity index (χ1n) is 6.90. The van der Waals surface area contributed by atoms with Crippen molar-refractivity contribution >= 4 is 0 Å². The first-order valence-corrected chi connectivity index (χ1v) is 6.90. The number of hydrogen-bond donors (Lipinski definition) is 2. The normalized spacial score (nSPS) is 32.9. The van der Waals surface area contributed by atoms with Crippen LogP contribution in [0.3, 0.4) is 0 Å². The predicted molar refractivity (Wildman–Crippen MR) is 70.2 cm³/mol. The fourth-order valence-corrected chi connectivity index (χ4v) is 3.82. The maximum absolute atomic E-state index is 5.77. The molecule has 2 saturated carbocycles. The molecule has 0 heterocycles. The van der Waals surface area contributed by atoms with Crippen LogP contribution in [0.4, 0.5) is 0 Å². The van der Waals surface area contributed by atoms with Gasteiger partial charge in [-0.15, -0.1) is 0 Å². The molecule has 2 fully saturated rings. The van der Waals surface area contributed by atoms with Gasteiger partial charge in [0, 0.05) is 6.04 Å². The number of hydrogen-bond acceptors (Lipinski definition) is 2. The van der Waals surface area contributed by atoms with Gasteiger partial charge in [0.25, 0.3) is 0 Å². The van der Waals surface area contributed by atoms with Crippen molar-refractivity contribution < 1.29 is 0 Å². The van der Waals surface area contributed by atoms with E-state index in [9.17, 15) is 0 Å². The minimum absolute atomic E-state index is 0.477. The molecule has 3 N–H and O–H groups in total. The smallest absolute Gasteiger partial charge is 0.0284 e. The van der Waals surface area contributed by atoms with Crippen molar-refractivity contribution in [3.05, 3.63) is 35.9 Å². The topological polar surface area (TPSA) is 38.0 Å². The maximum Gasteiger partial charge on any atom is 0.0284 e. The van der Waals surface area contributed by atoms with Crippen molar-refractivity contribution in [2.75, 3.05) is 0 Å². The second-order valence-corrected chi connectivity index (χ2v) is 5.65. The average Bonchev–Trinajstić information content (AvgIpc) is 3.11. The zero-order valence-electron chi connectivity index (χ0n) is 10.3. The highest BCUT2D eigenvalue weighted by Crippen LogP contribution is 2.57. The van der Waals surface area contributed by atoms with Crippen molar-refractivity contribution in [1.29, 1.82) is 0 Å². The summed E-state index contributed by atoms with van der Waals surface area (Å²) < 4.78 is 0. The van der Waals surface area contributed by atoms with Gasteiger partial charge in [-0.1, -0.05) is 43.2 Å². The highest BCUT2D eigenvalue weighted by atomic mass is 15.2. The van der Waals surface area contributed by atoms with Gasteiger partial charge in [-0.05, 0) is 42.6 Å². The zero-order chi connectivity index (χ0) is 11.7. The highest BCUT2D eigenvalue weighted by molar-refractivity contribution is 5.18. The summed E-state index contributed by atoms with van der Waals surface area (Å²) in [4.78, 5) is 0. The molecule has 92 valence electrons. The van der Waals surface area contributed by atoms with Crippen LogP contribution in [0.5, 0.6) is 0 Å². The van der Waals surface area contributed by atoms with E-state index in [4.69, 9.17) is 5.84 Å². The second kappa shape index (κ2) is 4.79. The molecule has 3 unspecified atom stereocenters. The van der Waals surface area contributed by atoms with Crippen molar-refractivity contribution in [3.63, 3.8) is 0 Å². The van der Waals surface area contributed by atoms with E-state index >= 15 is 0 Å². The van der Waals surface area contributed by atoms with Gasteiger partial charge in [0.2, 0.25) is 0 Å².